The fourth-order valence-corrected chi connectivity index (χ4v) is 4.27. The molecule has 0 radical (unpaired) electrons. The average molecular weight is 283 g/mol. The highest BCUT2D eigenvalue weighted by atomic mass is 32.2. The summed E-state index contributed by atoms with van der Waals surface area (Å²) in [5, 5.41) is 9.83. The molecule has 1 aliphatic heterocycles. The minimum atomic E-state index is -3.43. The molecule has 2 atom stereocenters. The zero-order chi connectivity index (χ0) is 14.0. The Morgan fingerprint density at radius 3 is 2.79 bits per heavy atom. The van der Waals surface area contributed by atoms with Gasteiger partial charge in [-0.3, -0.25) is 0 Å². The van der Waals surface area contributed by atoms with Crippen molar-refractivity contribution >= 4 is 10.0 Å². The Balaban J connectivity index is 2.35. The minimum absolute atomic E-state index is 0.0600. The molecule has 0 amide bonds. The molecule has 1 N–H and O–H groups in total. The fourth-order valence-electron chi connectivity index (χ4n) is 2.52. The van der Waals surface area contributed by atoms with Crippen LogP contribution in [0, 0.1) is 0 Å². The van der Waals surface area contributed by atoms with Crippen molar-refractivity contribution in [1.29, 1.82) is 0 Å². The Morgan fingerprint density at radius 2 is 2.21 bits per heavy atom. The van der Waals surface area contributed by atoms with Gasteiger partial charge in [0.2, 0.25) is 10.0 Å². The number of hydrogen-bond donors (Lipinski definition) is 1. The van der Waals surface area contributed by atoms with Crippen LogP contribution in [-0.2, 0) is 10.0 Å². The molecule has 0 aliphatic carbocycles. The van der Waals surface area contributed by atoms with E-state index in [1.54, 1.807) is 28.6 Å². The molecule has 1 aliphatic rings. The van der Waals surface area contributed by atoms with E-state index in [2.05, 4.69) is 0 Å². The minimum Gasteiger partial charge on any atom is -0.388 e. The molecular formula is C14H21NO3S. The molecule has 1 saturated heterocycles. The van der Waals surface area contributed by atoms with E-state index in [-0.39, 0.29) is 10.9 Å². The van der Waals surface area contributed by atoms with Crippen molar-refractivity contribution in [1.82, 2.24) is 4.31 Å². The number of aliphatic hydroxyl groups excluding tert-OH is 1. The summed E-state index contributed by atoms with van der Waals surface area (Å²) in [4.78, 5) is 0.284. The topological polar surface area (TPSA) is 57.6 Å². The van der Waals surface area contributed by atoms with Gasteiger partial charge in [-0.25, -0.2) is 8.42 Å². The molecule has 0 spiro atoms. The molecule has 2 rings (SSSR count). The zero-order valence-electron chi connectivity index (χ0n) is 11.4. The standard InChI is InChI=1S/C14H21NO3S/c1-3-14(16)12-7-4-8-13(10-12)19(17,18)15-9-5-6-11(15)2/h4,7-8,10-11,14,16H,3,5-6,9H2,1-2H3. The van der Waals surface area contributed by atoms with Crippen LogP contribution in [0.25, 0.3) is 0 Å². The van der Waals surface area contributed by atoms with Gasteiger partial charge in [-0.05, 0) is 43.9 Å². The van der Waals surface area contributed by atoms with Gasteiger partial charge in [0, 0.05) is 12.6 Å². The van der Waals surface area contributed by atoms with Gasteiger partial charge in [0.15, 0.2) is 0 Å². The highest BCUT2D eigenvalue weighted by Crippen LogP contribution is 2.27. The second kappa shape index (κ2) is 5.61. The first-order valence-electron chi connectivity index (χ1n) is 6.76. The Kier molecular flexibility index (Phi) is 4.28. The smallest absolute Gasteiger partial charge is 0.243 e. The van der Waals surface area contributed by atoms with E-state index >= 15 is 0 Å². The molecule has 0 aromatic heterocycles. The first kappa shape index (κ1) is 14.5. The summed E-state index contributed by atoms with van der Waals surface area (Å²) in [6.45, 7) is 4.40. The molecule has 1 fully saturated rings. The monoisotopic (exact) mass is 283 g/mol. The molecule has 1 aromatic carbocycles. The van der Waals surface area contributed by atoms with Crippen LogP contribution in [-0.4, -0.2) is 30.4 Å². The summed E-state index contributed by atoms with van der Waals surface area (Å²) in [6.07, 6.45) is 1.80. The number of benzene rings is 1. The van der Waals surface area contributed by atoms with E-state index < -0.39 is 16.1 Å². The van der Waals surface area contributed by atoms with Crippen molar-refractivity contribution in [2.75, 3.05) is 6.54 Å². The second-order valence-corrected chi connectivity index (χ2v) is 6.99. The summed E-state index contributed by atoms with van der Waals surface area (Å²) >= 11 is 0. The first-order valence-corrected chi connectivity index (χ1v) is 8.20. The van der Waals surface area contributed by atoms with Crippen molar-refractivity contribution in [2.24, 2.45) is 0 Å². The van der Waals surface area contributed by atoms with E-state index in [1.165, 1.54) is 0 Å². The van der Waals surface area contributed by atoms with E-state index in [0.29, 0.717) is 18.5 Å². The van der Waals surface area contributed by atoms with Crippen LogP contribution in [0.5, 0.6) is 0 Å². The summed E-state index contributed by atoms with van der Waals surface area (Å²) < 4.78 is 26.7. The molecule has 19 heavy (non-hydrogen) atoms. The van der Waals surface area contributed by atoms with Gasteiger partial charge in [0.1, 0.15) is 0 Å². The third-order valence-corrected chi connectivity index (χ3v) is 5.74. The number of sulfonamides is 1. The zero-order valence-corrected chi connectivity index (χ0v) is 12.2. The van der Waals surface area contributed by atoms with Crippen molar-refractivity contribution < 1.29 is 13.5 Å². The summed E-state index contributed by atoms with van der Waals surface area (Å²) in [5.74, 6) is 0. The maximum atomic E-state index is 12.6. The van der Waals surface area contributed by atoms with Crippen LogP contribution in [0.3, 0.4) is 0 Å². The average Bonchev–Trinajstić information content (AvgIpc) is 2.85. The molecule has 2 unspecified atom stereocenters. The van der Waals surface area contributed by atoms with Gasteiger partial charge in [-0.15, -0.1) is 0 Å². The van der Waals surface area contributed by atoms with Crippen LogP contribution >= 0.6 is 0 Å². The van der Waals surface area contributed by atoms with Crippen molar-refractivity contribution in [3.63, 3.8) is 0 Å². The van der Waals surface area contributed by atoms with Gasteiger partial charge in [0.05, 0.1) is 11.0 Å². The molecule has 5 heteroatoms. The Hall–Kier alpha value is -0.910. The van der Waals surface area contributed by atoms with Crippen LogP contribution in [0.4, 0.5) is 0 Å². The van der Waals surface area contributed by atoms with Crippen LogP contribution in [0.2, 0.25) is 0 Å². The molecular weight excluding hydrogens is 262 g/mol. The molecule has 0 bridgehead atoms. The van der Waals surface area contributed by atoms with E-state index in [9.17, 15) is 13.5 Å². The SMILES string of the molecule is CCC(O)c1cccc(S(=O)(=O)N2CCCC2C)c1. The third kappa shape index (κ3) is 2.83. The molecule has 1 heterocycles. The Bertz CT molecular complexity index is 541. The number of nitrogens with zero attached hydrogens (tertiary/aromatic N) is 1. The molecule has 0 saturated carbocycles. The molecule has 1 aromatic rings. The van der Waals surface area contributed by atoms with Crippen molar-refractivity contribution in [3.8, 4) is 0 Å². The lowest BCUT2D eigenvalue weighted by molar-refractivity contribution is 0.173. The number of hydrogen-bond acceptors (Lipinski definition) is 3. The van der Waals surface area contributed by atoms with Gasteiger partial charge in [0.25, 0.3) is 0 Å². The van der Waals surface area contributed by atoms with Crippen molar-refractivity contribution in [3.05, 3.63) is 29.8 Å². The Labute approximate surface area is 115 Å². The van der Waals surface area contributed by atoms with E-state index in [1.807, 2.05) is 13.8 Å². The maximum Gasteiger partial charge on any atom is 0.243 e. The van der Waals surface area contributed by atoms with Gasteiger partial charge in [-0.2, -0.15) is 4.31 Å². The predicted molar refractivity (Wildman–Crippen MR) is 74.3 cm³/mol. The predicted octanol–water partition coefficient (Wildman–Crippen LogP) is 2.30. The van der Waals surface area contributed by atoms with Crippen LogP contribution in [0.1, 0.15) is 44.8 Å². The summed E-state index contributed by atoms with van der Waals surface area (Å²) in [7, 11) is -3.43. The second-order valence-electron chi connectivity index (χ2n) is 5.10. The molecule has 106 valence electrons. The summed E-state index contributed by atoms with van der Waals surface area (Å²) in [5.41, 5.74) is 0.662. The van der Waals surface area contributed by atoms with Crippen LogP contribution in [0.15, 0.2) is 29.2 Å². The fraction of sp³-hybridized carbons (Fsp3) is 0.571. The number of rotatable bonds is 4. The van der Waals surface area contributed by atoms with Gasteiger partial charge < -0.3 is 5.11 Å². The largest absolute Gasteiger partial charge is 0.388 e. The third-order valence-electron chi connectivity index (χ3n) is 3.73. The maximum absolute atomic E-state index is 12.6. The lowest BCUT2D eigenvalue weighted by atomic mass is 10.1. The van der Waals surface area contributed by atoms with E-state index in [0.717, 1.165) is 12.8 Å². The highest BCUT2D eigenvalue weighted by molar-refractivity contribution is 7.89. The summed E-state index contributed by atoms with van der Waals surface area (Å²) in [6, 6.07) is 6.72. The highest BCUT2D eigenvalue weighted by Gasteiger charge is 2.32. The van der Waals surface area contributed by atoms with Gasteiger partial charge >= 0.3 is 0 Å². The lowest BCUT2D eigenvalue weighted by Gasteiger charge is -2.21. The van der Waals surface area contributed by atoms with E-state index in [4.69, 9.17) is 0 Å². The number of aliphatic hydroxyl groups is 1. The van der Waals surface area contributed by atoms with Crippen molar-refractivity contribution in [2.45, 2.75) is 50.2 Å². The lowest BCUT2D eigenvalue weighted by Crippen LogP contribution is -2.33. The first-order chi connectivity index (χ1) is 8.96. The normalized spacial score (nSPS) is 22.6. The van der Waals surface area contributed by atoms with Crippen LogP contribution < -0.4 is 0 Å². The van der Waals surface area contributed by atoms with Gasteiger partial charge in [-0.1, -0.05) is 19.1 Å². The quantitative estimate of drug-likeness (QED) is 0.922. The molecule has 4 nitrogen and oxygen atoms in total. The Morgan fingerprint density at radius 1 is 1.47 bits per heavy atom.